The van der Waals surface area contributed by atoms with Crippen LogP contribution in [-0.2, 0) is 4.79 Å². The molecular formula is C13H12N4O2. The largest absolute Gasteiger partial charge is 0.477 e. The van der Waals surface area contributed by atoms with Gasteiger partial charge in [-0.1, -0.05) is 29.8 Å². The third kappa shape index (κ3) is 1.97. The lowest BCUT2D eigenvalue weighted by Gasteiger charge is -2.22. The molecule has 0 saturated carbocycles. The number of rotatable bonds is 2. The van der Waals surface area contributed by atoms with Gasteiger partial charge in [0.15, 0.2) is 0 Å². The van der Waals surface area contributed by atoms with Gasteiger partial charge in [0.05, 0.1) is 0 Å². The monoisotopic (exact) mass is 256 g/mol. The first-order chi connectivity index (χ1) is 9.15. The number of carboxylic acid groups (broad SMARTS) is 1. The fraction of sp³-hybridized carbons (Fsp3) is 0.154. The molecule has 3 rings (SSSR count). The number of aromatic nitrogens is 3. The van der Waals surface area contributed by atoms with Crippen LogP contribution in [0.1, 0.15) is 17.2 Å². The number of hydrogen-bond acceptors (Lipinski definition) is 4. The third-order valence-corrected chi connectivity index (χ3v) is 3.06. The highest BCUT2D eigenvalue weighted by molar-refractivity contribution is 5.90. The molecule has 0 unspecified atom stereocenters. The molecule has 0 aliphatic carbocycles. The van der Waals surface area contributed by atoms with E-state index in [-0.39, 0.29) is 11.7 Å². The van der Waals surface area contributed by atoms with Gasteiger partial charge < -0.3 is 10.4 Å². The molecule has 1 atom stereocenters. The molecule has 2 aromatic rings. The van der Waals surface area contributed by atoms with E-state index in [9.17, 15) is 4.79 Å². The topological polar surface area (TPSA) is 80.0 Å². The number of fused-ring (bicyclic) bond motifs is 1. The number of aliphatic carboxylic acids is 1. The van der Waals surface area contributed by atoms with Gasteiger partial charge in [-0.15, -0.1) is 0 Å². The van der Waals surface area contributed by atoms with E-state index in [4.69, 9.17) is 5.11 Å². The summed E-state index contributed by atoms with van der Waals surface area (Å²) in [5.41, 5.74) is 2.24. The predicted molar refractivity (Wildman–Crippen MR) is 68.7 cm³/mol. The van der Waals surface area contributed by atoms with Gasteiger partial charge in [0.2, 0.25) is 5.95 Å². The molecule has 1 aromatic heterocycles. The molecule has 1 aromatic carbocycles. The summed E-state index contributed by atoms with van der Waals surface area (Å²) in [6.45, 7) is 2.01. The average Bonchev–Trinajstić information content (AvgIpc) is 2.86. The van der Waals surface area contributed by atoms with Crippen molar-refractivity contribution in [1.82, 2.24) is 14.8 Å². The van der Waals surface area contributed by atoms with E-state index >= 15 is 0 Å². The zero-order valence-electron chi connectivity index (χ0n) is 10.2. The molecule has 2 heterocycles. The lowest BCUT2D eigenvalue weighted by Crippen LogP contribution is -2.24. The van der Waals surface area contributed by atoms with Crippen molar-refractivity contribution in [1.29, 1.82) is 0 Å². The molecular weight excluding hydrogens is 244 g/mol. The van der Waals surface area contributed by atoms with Gasteiger partial charge in [-0.3, -0.25) is 0 Å². The summed E-state index contributed by atoms with van der Waals surface area (Å²) in [6, 6.07) is 7.65. The van der Waals surface area contributed by atoms with Crippen LogP contribution in [-0.4, -0.2) is 25.8 Å². The fourth-order valence-corrected chi connectivity index (χ4v) is 2.06. The lowest BCUT2D eigenvalue weighted by molar-refractivity contribution is -0.132. The number of hydrogen-bond donors (Lipinski definition) is 2. The number of aryl methyl sites for hydroxylation is 1. The van der Waals surface area contributed by atoms with Gasteiger partial charge in [-0.25, -0.2) is 9.48 Å². The lowest BCUT2D eigenvalue weighted by atomic mass is 10.0. The minimum Gasteiger partial charge on any atom is -0.477 e. The van der Waals surface area contributed by atoms with E-state index in [1.165, 1.54) is 6.33 Å². The number of carboxylic acids is 1. The second kappa shape index (κ2) is 4.24. The summed E-state index contributed by atoms with van der Waals surface area (Å²) in [5.74, 6) is -0.572. The summed E-state index contributed by atoms with van der Waals surface area (Å²) < 4.78 is 1.66. The van der Waals surface area contributed by atoms with Gasteiger partial charge in [-0.2, -0.15) is 10.1 Å². The van der Waals surface area contributed by atoms with Crippen LogP contribution in [0.5, 0.6) is 0 Å². The van der Waals surface area contributed by atoms with Gasteiger partial charge in [-0.05, 0) is 18.6 Å². The second-order valence-electron chi connectivity index (χ2n) is 4.39. The van der Waals surface area contributed by atoms with Crippen LogP contribution in [0, 0.1) is 6.92 Å². The predicted octanol–water partition coefficient (Wildman–Crippen LogP) is 1.57. The molecule has 0 saturated heterocycles. The number of benzene rings is 1. The average molecular weight is 256 g/mol. The zero-order valence-corrected chi connectivity index (χ0v) is 10.2. The molecule has 0 fully saturated rings. The Morgan fingerprint density at radius 1 is 1.37 bits per heavy atom. The summed E-state index contributed by atoms with van der Waals surface area (Å²) in [6.07, 6.45) is 3.04. The molecule has 0 spiro atoms. The molecule has 0 amide bonds. The SMILES string of the molecule is Cc1ccc([C@H]2C=C(C(=O)O)Nc3ncnn32)cc1. The molecule has 96 valence electrons. The Bertz CT molecular complexity index is 658. The highest BCUT2D eigenvalue weighted by atomic mass is 16.4. The Morgan fingerprint density at radius 2 is 2.11 bits per heavy atom. The van der Waals surface area contributed by atoms with E-state index in [1.54, 1.807) is 10.8 Å². The number of allylic oxidation sites excluding steroid dienone is 1. The van der Waals surface area contributed by atoms with Crippen LogP contribution in [0.3, 0.4) is 0 Å². The molecule has 6 heteroatoms. The first-order valence-electron chi connectivity index (χ1n) is 5.83. The number of nitrogens with one attached hydrogen (secondary N) is 1. The molecule has 1 aliphatic rings. The summed E-state index contributed by atoms with van der Waals surface area (Å²) in [5, 5.41) is 16.0. The van der Waals surface area contributed by atoms with Gasteiger partial charge in [0, 0.05) is 0 Å². The van der Waals surface area contributed by atoms with Crippen LogP contribution < -0.4 is 5.32 Å². The molecule has 6 nitrogen and oxygen atoms in total. The highest BCUT2D eigenvalue weighted by Crippen LogP contribution is 2.28. The smallest absolute Gasteiger partial charge is 0.352 e. The Labute approximate surface area is 109 Å². The highest BCUT2D eigenvalue weighted by Gasteiger charge is 2.25. The Kier molecular flexibility index (Phi) is 2.56. The quantitative estimate of drug-likeness (QED) is 0.852. The first kappa shape index (κ1) is 11.5. The van der Waals surface area contributed by atoms with Crippen molar-refractivity contribution in [2.75, 3.05) is 5.32 Å². The van der Waals surface area contributed by atoms with E-state index in [2.05, 4.69) is 15.4 Å². The third-order valence-electron chi connectivity index (χ3n) is 3.06. The first-order valence-corrected chi connectivity index (χ1v) is 5.83. The van der Waals surface area contributed by atoms with Crippen molar-refractivity contribution >= 4 is 11.9 Å². The normalized spacial score (nSPS) is 17.3. The van der Waals surface area contributed by atoms with Gasteiger partial charge in [0.25, 0.3) is 0 Å². The molecule has 0 bridgehead atoms. The minimum atomic E-state index is -1.01. The zero-order chi connectivity index (χ0) is 13.4. The van der Waals surface area contributed by atoms with Crippen molar-refractivity contribution in [3.8, 4) is 0 Å². The standard InChI is InChI=1S/C13H12N4O2/c1-8-2-4-9(5-3-8)11-6-10(12(18)19)16-13-14-7-15-17(11)13/h2-7,11H,1H3,(H,18,19)(H,14,15,16)/t11-/m1/s1. The Morgan fingerprint density at radius 3 is 2.79 bits per heavy atom. The Balaban J connectivity index is 2.09. The van der Waals surface area contributed by atoms with Crippen molar-refractivity contribution < 1.29 is 9.90 Å². The molecule has 1 aliphatic heterocycles. The van der Waals surface area contributed by atoms with E-state index < -0.39 is 5.97 Å². The van der Waals surface area contributed by atoms with Crippen molar-refractivity contribution in [2.24, 2.45) is 0 Å². The number of anilines is 1. The van der Waals surface area contributed by atoms with Crippen LogP contribution in [0.2, 0.25) is 0 Å². The van der Waals surface area contributed by atoms with Crippen molar-refractivity contribution in [3.05, 3.63) is 53.5 Å². The number of carbonyl (C=O) groups is 1. The Hall–Kier alpha value is -2.63. The fourth-order valence-electron chi connectivity index (χ4n) is 2.06. The molecule has 2 N–H and O–H groups in total. The maximum atomic E-state index is 11.1. The van der Waals surface area contributed by atoms with E-state index in [0.29, 0.717) is 5.95 Å². The second-order valence-corrected chi connectivity index (χ2v) is 4.39. The summed E-state index contributed by atoms with van der Waals surface area (Å²) in [4.78, 5) is 15.1. The minimum absolute atomic E-state index is 0.117. The molecule has 19 heavy (non-hydrogen) atoms. The van der Waals surface area contributed by atoms with Crippen LogP contribution in [0.25, 0.3) is 0 Å². The number of nitrogens with zero attached hydrogens (tertiary/aromatic N) is 3. The maximum Gasteiger partial charge on any atom is 0.352 e. The van der Waals surface area contributed by atoms with Crippen molar-refractivity contribution in [3.63, 3.8) is 0 Å². The molecule has 0 radical (unpaired) electrons. The van der Waals surface area contributed by atoms with Gasteiger partial charge in [0.1, 0.15) is 18.1 Å². The van der Waals surface area contributed by atoms with Crippen LogP contribution >= 0.6 is 0 Å². The van der Waals surface area contributed by atoms with Crippen LogP contribution in [0.4, 0.5) is 5.95 Å². The maximum absolute atomic E-state index is 11.1. The van der Waals surface area contributed by atoms with E-state index in [1.807, 2.05) is 31.2 Å². The van der Waals surface area contributed by atoms with Gasteiger partial charge >= 0.3 is 5.97 Å². The van der Waals surface area contributed by atoms with Crippen LogP contribution in [0.15, 0.2) is 42.4 Å². The summed E-state index contributed by atoms with van der Waals surface area (Å²) >= 11 is 0. The van der Waals surface area contributed by atoms with Crippen molar-refractivity contribution in [2.45, 2.75) is 13.0 Å². The summed E-state index contributed by atoms with van der Waals surface area (Å²) in [7, 11) is 0. The van der Waals surface area contributed by atoms with E-state index in [0.717, 1.165) is 11.1 Å².